The van der Waals surface area contributed by atoms with Gasteiger partial charge >= 0.3 is 10.2 Å². The highest BCUT2D eigenvalue weighted by Crippen LogP contribution is 2.26. The van der Waals surface area contributed by atoms with Crippen molar-refractivity contribution in [2.24, 2.45) is 0 Å². The summed E-state index contributed by atoms with van der Waals surface area (Å²) >= 11 is 0. The highest BCUT2D eigenvalue weighted by atomic mass is 32.2. The van der Waals surface area contributed by atoms with Crippen LogP contribution in [0.2, 0.25) is 0 Å². The van der Waals surface area contributed by atoms with Gasteiger partial charge in [-0.1, -0.05) is 0 Å². The van der Waals surface area contributed by atoms with E-state index >= 15 is 0 Å². The zero-order valence-corrected chi connectivity index (χ0v) is 22.0. The van der Waals surface area contributed by atoms with Crippen LogP contribution < -0.4 is 20.3 Å². The molecule has 0 bridgehead atoms. The molecule has 0 saturated carbocycles. The first-order chi connectivity index (χ1) is 17.8. The number of hydrogen-bond donors (Lipinski definition) is 4. The summed E-state index contributed by atoms with van der Waals surface area (Å²) in [6, 6.07) is 11.3. The largest absolute Gasteiger partial charge is 0.380 e. The molecule has 3 aromatic rings. The molecule has 12 heteroatoms. The van der Waals surface area contributed by atoms with E-state index < -0.39 is 10.2 Å². The second-order valence-electron chi connectivity index (χ2n) is 9.69. The molecule has 2 saturated heterocycles. The number of nitrogens with one attached hydrogen (secondary N) is 4. The van der Waals surface area contributed by atoms with Gasteiger partial charge in [0.05, 0.1) is 11.4 Å². The minimum absolute atomic E-state index is 0.0691. The number of H-pyrrole nitrogens is 1. The second kappa shape index (κ2) is 10.6. The Morgan fingerprint density at radius 3 is 2.51 bits per heavy atom. The fraction of sp³-hybridized carbons (Fsp3) is 0.440. The number of amides is 1. The monoisotopic (exact) mass is 526 g/mol. The van der Waals surface area contributed by atoms with E-state index in [1.807, 2.05) is 17.0 Å². The third kappa shape index (κ3) is 5.65. The lowest BCUT2D eigenvalue weighted by Gasteiger charge is -2.36. The molecule has 0 radical (unpaired) electrons. The molecule has 4 N–H and O–H groups in total. The summed E-state index contributed by atoms with van der Waals surface area (Å²) in [6.07, 6.45) is 1.79. The second-order valence-corrected chi connectivity index (χ2v) is 11.4. The van der Waals surface area contributed by atoms with Gasteiger partial charge in [-0.05, 0) is 50.2 Å². The van der Waals surface area contributed by atoms with Crippen molar-refractivity contribution in [3.63, 3.8) is 0 Å². The number of aromatic nitrogens is 2. The number of pyridine rings is 1. The van der Waals surface area contributed by atoms with E-state index in [1.54, 1.807) is 30.5 Å². The van der Waals surface area contributed by atoms with Crippen molar-refractivity contribution in [1.29, 1.82) is 0 Å². The summed E-state index contributed by atoms with van der Waals surface area (Å²) in [5, 5.41) is 7.38. The molecule has 4 heterocycles. The molecule has 2 aromatic heterocycles. The molecule has 198 valence electrons. The molecule has 1 aromatic carbocycles. The van der Waals surface area contributed by atoms with Gasteiger partial charge in [0, 0.05) is 75.5 Å². The van der Waals surface area contributed by atoms with Crippen LogP contribution in [0, 0.1) is 0 Å². The SMILES string of the molecule is CC(C)Nc1cccnc1N1CCN(C(=O)c2cc3cc(NS(=O)(=O)N4CCNCC4)ccc3[nH]2)CC1. The summed E-state index contributed by atoms with van der Waals surface area (Å²) in [7, 11) is -3.63. The Morgan fingerprint density at radius 2 is 1.78 bits per heavy atom. The number of carbonyl (C=O) groups excluding carboxylic acids is 1. The minimum Gasteiger partial charge on any atom is -0.380 e. The Balaban J connectivity index is 1.25. The van der Waals surface area contributed by atoms with Crippen LogP contribution in [0.15, 0.2) is 42.6 Å². The van der Waals surface area contributed by atoms with Gasteiger partial charge in [0.1, 0.15) is 5.69 Å². The van der Waals surface area contributed by atoms with E-state index in [9.17, 15) is 13.2 Å². The molecule has 0 spiro atoms. The van der Waals surface area contributed by atoms with Gasteiger partial charge in [0.2, 0.25) is 0 Å². The average molecular weight is 527 g/mol. The van der Waals surface area contributed by atoms with Gasteiger partial charge < -0.3 is 25.4 Å². The van der Waals surface area contributed by atoms with Crippen molar-refractivity contribution in [3.8, 4) is 0 Å². The van der Waals surface area contributed by atoms with Crippen LogP contribution in [0.4, 0.5) is 17.2 Å². The van der Waals surface area contributed by atoms with Crippen LogP contribution in [0.1, 0.15) is 24.3 Å². The van der Waals surface area contributed by atoms with Crippen molar-refractivity contribution >= 4 is 44.2 Å². The summed E-state index contributed by atoms with van der Waals surface area (Å²) < 4.78 is 29.5. The highest BCUT2D eigenvalue weighted by Gasteiger charge is 2.26. The van der Waals surface area contributed by atoms with E-state index in [2.05, 4.69) is 44.1 Å². The number of piperazine rings is 2. The number of aromatic amines is 1. The Labute approximate surface area is 217 Å². The van der Waals surface area contributed by atoms with Gasteiger partial charge in [0.15, 0.2) is 5.82 Å². The predicted octanol–water partition coefficient (Wildman–Crippen LogP) is 1.91. The Kier molecular flexibility index (Phi) is 7.22. The molecule has 0 atom stereocenters. The molecule has 0 unspecified atom stereocenters. The van der Waals surface area contributed by atoms with Crippen LogP contribution in [0.5, 0.6) is 0 Å². The maximum absolute atomic E-state index is 13.3. The first-order valence-electron chi connectivity index (χ1n) is 12.7. The van der Waals surface area contributed by atoms with Crippen molar-refractivity contribution in [3.05, 3.63) is 48.3 Å². The molecule has 2 fully saturated rings. The van der Waals surface area contributed by atoms with E-state index in [-0.39, 0.29) is 5.91 Å². The third-order valence-electron chi connectivity index (χ3n) is 6.61. The average Bonchev–Trinajstić information content (AvgIpc) is 3.32. The topological polar surface area (TPSA) is 126 Å². The van der Waals surface area contributed by atoms with Crippen LogP contribution >= 0.6 is 0 Å². The van der Waals surface area contributed by atoms with Crippen molar-refractivity contribution in [1.82, 2.24) is 24.5 Å². The Morgan fingerprint density at radius 1 is 1.03 bits per heavy atom. The van der Waals surface area contributed by atoms with Crippen LogP contribution in [-0.2, 0) is 10.2 Å². The third-order valence-corrected chi connectivity index (χ3v) is 8.15. The molecular weight excluding hydrogens is 492 g/mol. The standard InChI is InChI=1S/C25H34N8O3S/c1-18(2)28-22-4-3-7-27-24(22)31-12-14-32(15-13-31)25(34)23-17-19-16-20(5-6-21(19)29-23)30-37(35,36)33-10-8-26-9-11-33/h3-7,16-18,26,28-30H,8-15H2,1-2H3. The lowest BCUT2D eigenvalue weighted by molar-refractivity contribution is 0.0741. The van der Waals surface area contributed by atoms with Crippen molar-refractivity contribution < 1.29 is 13.2 Å². The first kappa shape index (κ1) is 25.3. The lowest BCUT2D eigenvalue weighted by atomic mass is 10.2. The highest BCUT2D eigenvalue weighted by molar-refractivity contribution is 7.90. The number of nitrogens with zero attached hydrogens (tertiary/aromatic N) is 4. The van der Waals surface area contributed by atoms with E-state index in [1.165, 1.54) is 4.31 Å². The van der Waals surface area contributed by atoms with Crippen molar-refractivity contribution in [2.45, 2.75) is 19.9 Å². The van der Waals surface area contributed by atoms with Gasteiger partial charge in [-0.2, -0.15) is 12.7 Å². The van der Waals surface area contributed by atoms with Crippen LogP contribution in [-0.4, -0.2) is 91.9 Å². The summed E-state index contributed by atoms with van der Waals surface area (Å²) in [5.74, 6) is 0.838. The number of fused-ring (bicyclic) bond motifs is 1. The quantitative estimate of drug-likeness (QED) is 0.371. The van der Waals surface area contributed by atoms with E-state index in [0.717, 1.165) is 22.4 Å². The molecule has 1 amide bonds. The molecular formula is C25H34N8O3S. The van der Waals surface area contributed by atoms with Gasteiger partial charge in [0.25, 0.3) is 5.91 Å². The van der Waals surface area contributed by atoms with Gasteiger partial charge in [-0.3, -0.25) is 9.52 Å². The molecule has 2 aliphatic rings. The van der Waals surface area contributed by atoms with Gasteiger partial charge in [-0.15, -0.1) is 0 Å². The predicted molar refractivity (Wildman–Crippen MR) is 146 cm³/mol. The number of hydrogen-bond acceptors (Lipinski definition) is 7. The number of rotatable bonds is 7. The maximum Gasteiger partial charge on any atom is 0.301 e. The fourth-order valence-corrected chi connectivity index (χ4v) is 5.99. The zero-order valence-electron chi connectivity index (χ0n) is 21.2. The molecule has 37 heavy (non-hydrogen) atoms. The fourth-order valence-electron chi connectivity index (χ4n) is 4.77. The molecule has 2 aliphatic heterocycles. The van der Waals surface area contributed by atoms with E-state index in [0.29, 0.717) is 69.8 Å². The Bertz CT molecular complexity index is 1360. The molecule has 0 aliphatic carbocycles. The van der Waals surface area contributed by atoms with Crippen molar-refractivity contribution in [2.75, 3.05) is 67.3 Å². The molecule has 11 nitrogen and oxygen atoms in total. The minimum atomic E-state index is -3.63. The van der Waals surface area contributed by atoms with Crippen LogP contribution in [0.3, 0.4) is 0 Å². The number of anilines is 3. The van der Waals surface area contributed by atoms with E-state index in [4.69, 9.17) is 0 Å². The first-order valence-corrected chi connectivity index (χ1v) is 14.1. The number of benzene rings is 1. The molecule has 5 rings (SSSR count). The van der Waals surface area contributed by atoms with Crippen LogP contribution in [0.25, 0.3) is 10.9 Å². The smallest absolute Gasteiger partial charge is 0.301 e. The summed E-state index contributed by atoms with van der Waals surface area (Å²) in [4.78, 5) is 25.1. The normalized spacial score (nSPS) is 17.4. The Hall–Kier alpha value is -3.35. The van der Waals surface area contributed by atoms with Gasteiger partial charge in [-0.25, -0.2) is 4.98 Å². The zero-order chi connectivity index (χ0) is 26.0. The summed E-state index contributed by atoms with van der Waals surface area (Å²) in [6.45, 7) is 8.87. The lowest BCUT2D eigenvalue weighted by Crippen LogP contribution is -2.49. The number of carbonyl (C=O) groups is 1. The maximum atomic E-state index is 13.3. The summed E-state index contributed by atoms with van der Waals surface area (Å²) in [5.41, 5.74) is 2.74.